The summed E-state index contributed by atoms with van der Waals surface area (Å²) in [7, 11) is 0. The van der Waals surface area contributed by atoms with Crippen LogP contribution in [0.15, 0.2) is 11.6 Å². The summed E-state index contributed by atoms with van der Waals surface area (Å²) >= 11 is 0. The van der Waals surface area contributed by atoms with E-state index in [0.717, 1.165) is 44.9 Å². The molecule has 0 aliphatic heterocycles. The van der Waals surface area contributed by atoms with Crippen molar-refractivity contribution >= 4 is 17.5 Å². The van der Waals surface area contributed by atoms with E-state index in [1.165, 1.54) is 5.57 Å². The van der Waals surface area contributed by atoms with E-state index in [9.17, 15) is 29.7 Å². The number of carboxylic acids is 1. The minimum absolute atomic E-state index is 0.0697. The number of hydrogen-bond donors (Lipinski definition) is 4. The molecule has 4 aliphatic carbocycles. The molecule has 4 aliphatic rings. The Labute approximate surface area is 202 Å². The Morgan fingerprint density at radius 3 is 2.44 bits per heavy atom. The predicted molar refractivity (Wildman–Crippen MR) is 127 cm³/mol. The minimum atomic E-state index is -1.54. The lowest BCUT2D eigenvalue weighted by Crippen LogP contribution is -2.62. The van der Waals surface area contributed by atoms with Crippen molar-refractivity contribution in [2.24, 2.45) is 28.6 Å². The van der Waals surface area contributed by atoms with Gasteiger partial charge in [-0.25, -0.2) is 0 Å². The largest absolute Gasteiger partial charge is 0.481 e. The molecular formula is C27H42O7. The summed E-state index contributed by atoms with van der Waals surface area (Å²) in [5.41, 5.74) is -1.23. The van der Waals surface area contributed by atoms with Gasteiger partial charge < -0.3 is 20.4 Å². The SMILES string of the molecule is CCCCCC(=O)O.C[C@]12CCC(=O)C=C1CC[C@@H]1[C@@H]2[C@@H](O)C[C@@]2(C)[C@H]1CC[C@]2(O)C(=O)CO. The Morgan fingerprint density at radius 2 is 1.82 bits per heavy atom. The molecule has 3 saturated carbocycles. The predicted octanol–water partition coefficient (Wildman–Crippen LogP) is 3.43. The summed E-state index contributed by atoms with van der Waals surface area (Å²) in [5.74, 6) is -0.542. The standard InChI is InChI=1S/C21H30O5.C6H12O2/c1-19-7-5-13(23)9-12(19)3-4-14-15-6-8-21(26,17(25)11-22)20(15,2)10-16(24)18(14)19;1-2-3-4-5-6(7)8/h9,14-16,18,22,24,26H,3-8,10-11H2,1-2H3;2-5H2,1H3,(H,7,8)/t14-,15-,16-,18+,19-,20-,21-;/m0./s1. The molecule has 3 fully saturated rings. The zero-order valence-corrected chi connectivity index (χ0v) is 20.9. The summed E-state index contributed by atoms with van der Waals surface area (Å²) in [6.07, 6.45) is 9.01. The second-order valence-electron chi connectivity index (χ2n) is 11.4. The molecule has 0 heterocycles. The summed E-state index contributed by atoms with van der Waals surface area (Å²) in [4.78, 5) is 34.1. The Morgan fingerprint density at radius 1 is 1.12 bits per heavy atom. The fourth-order valence-electron chi connectivity index (χ4n) is 7.81. The minimum Gasteiger partial charge on any atom is -0.481 e. The highest BCUT2D eigenvalue weighted by Gasteiger charge is 2.68. The van der Waals surface area contributed by atoms with Crippen molar-refractivity contribution in [3.05, 3.63) is 11.6 Å². The van der Waals surface area contributed by atoms with Crippen molar-refractivity contribution in [1.29, 1.82) is 0 Å². The molecule has 0 bridgehead atoms. The van der Waals surface area contributed by atoms with Gasteiger partial charge in [0.2, 0.25) is 0 Å². The number of fused-ring (bicyclic) bond motifs is 5. The molecule has 0 aromatic heterocycles. The van der Waals surface area contributed by atoms with Crippen LogP contribution in [0.2, 0.25) is 0 Å². The van der Waals surface area contributed by atoms with E-state index in [1.54, 1.807) is 6.08 Å². The van der Waals surface area contributed by atoms with Gasteiger partial charge in [-0.15, -0.1) is 0 Å². The fraction of sp³-hybridized carbons (Fsp3) is 0.815. The second kappa shape index (κ2) is 10.2. The molecule has 0 spiro atoms. The lowest BCUT2D eigenvalue weighted by atomic mass is 9.45. The van der Waals surface area contributed by atoms with Crippen LogP contribution in [0.3, 0.4) is 0 Å². The van der Waals surface area contributed by atoms with Gasteiger partial charge in [0.1, 0.15) is 12.2 Å². The van der Waals surface area contributed by atoms with Crippen LogP contribution in [0.4, 0.5) is 0 Å². The van der Waals surface area contributed by atoms with Crippen molar-refractivity contribution < 1.29 is 34.8 Å². The van der Waals surface area contributed by atoms with Crippen molar-refractivity contribution in [3.8, 4) is 0 Å². The van der Waals surface area contributed by atoms with E-state index in [2.05, 4.69) is 13.8 Å². The number of ketones is 2. The van der Waals surface area contributed by atoms with Crippen LogP contribution in [-0.2, 0) is 14.4 Å². The Hall–Kier alpha value is -1.57. The van der Waals surface area contributed by atoms with E-state index < -0.39 is 35.5 Å². The molecule has 0 unspecified atom stereocenters. The van der Waals surface area contributed by atoms with Crippen LogP contribution in [-0.4, -0.2) is 56.3 Å². The Bertz CT molecular complexity index is 835. The zero-order valence-electron chi connectivity index (χ0n) is 20.9. The molecule has 0 amide bonds. The molecule has 4 rings (SSSR count). The topological polar surface area (TPSA) is 132 Å². The molecule has 7 nitrogen and oxygen atoms in total. The van der Waals surface area contributed by atoms with Crippen LogP contribution in [0.5, 0.6) is 0 Å². The second-order valence-corrected chi connectivity index (χ2v) is 11.4. The number of hydrogen-bond acceptors (Lipinski definition) is 6. The molecular weight excluding hydrogens is 436 g/mol. The number of carbonyl (C=O) groups excluding carboxylic acids is 2. The number of allylic oxidation sites excluding steroid dienone is 1. The number of unbranched alkanes of at least 4 members (excludes halogenated alkanes) is 2. The van der Waals surface area contributed by atoms with Crippen LogP contribution in [0, 0.1) is 28.6 Å². The van der Waals surface area contributed by atoms with Gasteiger partial charge in [0.05, 0.1) is 6.10 Å². The van der Waals surface area contributed by atoms with Gasteiger partial charge in [-0.3, -0.25) is 14.4 Å². The molecule has 0 saturated heterocycles. The van der Waals surface area contributed by atoms with E-state index in [1.807, 2.05) is 6.92 Å². The number of carbonyl (C=O) groups is 3. The van der Waals surface area contributed by atoms with Crippen molar-refractivity contribution in [1.82, 2.24) is 0 Å². The quantitative estimate of drug-likeness (QED) is 0.430. The van der Waals surface area contributed by atoms with E-state index in [-0.39, 0.29) is 29.0 Å². The van der Waals surface area contributed by atoms with Crippen LogP contribution in [0.1, 0.15) is 91.4 Å². The Balaban J connectivity index is 0.000000350. The average molecular weight is 479 g/mol. The maximum absolute atomic E-state index is 12.4. The average Bonchev–Trinajstić information content (AvgIpc) is 3.05. The number of carboxylic acid groups (broad SMARTS) is 1. The number of rotatable bonds is 6. The molecule has 34 heavy (non-hydrogen) atoms. The van der Waals surface area contributed by atoms with Gasteiger partial charge in [-0.2, -0.15) is 0 Å². The summed E-state index contributed by atoms with van der Waals surface area (Å²) < 4.78 is 0. The van der Waals surface area contributed by atoms with Crippen molar-refractivity contribution in [2.75, 3.05) is 6.61 Å². The van der Waals surface area contributed by atoms with Gasteiger partial charge in [-0.05, 0) is 74.2 Å². The molecule has 0 aromatic rings. The first kappa shape index (κ1) is 27.0. The van der Waals surface area contributed by atoms with Gasteiger partial charge >= 0.3 is 5.97 Å². The first-order chi connectivity index (χ1) is 15.9. The summed E-state index contributed by atoms with van der Waals surface area (Å²) in [6.45, 7) is 5.52. The number of Topliss-reactive ketones (excluding diaryl/α,β-unsaturated/α-hetero) is 1. The van der Waals surface area contributed by atoms with Crippen molar-refractivity contribution in [3.63, 3.8) is 0 Å². The molecule has 0 aromatic carbocycles. The van der Waals surface area contributed by atoms with Crippen LogP contribution in [0.25, 0.3) is 0 Å². The highest BCUT2D eigenvalue weighted by molar-refractivity contribution is 5.91. The van der Waals surface area contributed by atoms with Gasteiger partial charge in [0.15, 0.2) is 11.6 Å². The van der Waals surface area contributed by atoms with Crippen molar-refractivity contribution in [2.45, 2.75) is 103 Å². The highest BCUT2D eigenvalue weighted by Crippen LogP contribution is 2.67. The Kier molecular flexibility index (Phi) is 8.10. The normalized spacial score (nSPS) is 40.8. The lowest BCUT2D eigenvalue weighted by Gasteiger charge is -2.60. The first-order valence-corrected chi connectivity index (χ1v) is 12.9. The number of aliphatic hydroxyl groups is 3. The van der Waals surface area contributed by atoms with E-state index in [0.29, 0.717) is 25.7 Å². The van der Waals surface area contributed by atoms with Crippen LogP contribution < -0.4 is 0 Å². The molecule has 192 valence electrons. The van der Waals surface area contributed by atoms with Gasteiger partial charge in [-0.1, -0.05) is 39.2 Å². The molecule has 4 N–H and O–H groups in total. The first-order valence-electron chi connectivity index (χ1n) is 12.9. The third-order valence-corrected chi connectivity index (χ3v) is 9.65. The number of aliphatic carboxylic acids is 1. The fourth-order valence-corrected chi connectivity index (χ4v) is 7.81. The van der Waals surface area contributed by atoms with E-state index >= 15 is 0 Å². The van der Waals surface area contributed by atoms with Crippen LogP contribution >= 0.6 is 0 Å². The van der Waals surface area contributed by atoms with Gasteiger partial charge in [0, 0.05) is 18.3 Å². The highest BCUT2D eigenvalue weighted by atomic mass is 16.4. The summed E-state index contributed by atoms with van der Waals surface area (Å²) in [6, 6.07) is 0. The molecule has 0 radical (unpaired) electrons. The maximum Gasteiger partial charge on any atom is 0.303 e. The zero-order chi connectivity index (χ0) is 25.3. The third kappa shape index (κ3) is 4.51. The number of aliphatic hydroxyl groups excluding tert-OH is 2. The molecule has 7 atom stereocenters. The van der Waals surface area contributed by atoms with Gasteiger partial charge in [0.25, 0.3) is 0 Å². The maximum atomic E-state index is 12.4. The monoisotopic (exact) mass is 478 g/mol. The van der Waals surface area contributed by atoms with E-state index in [4.69, 9.17) is 5.11 Å². The third-order valence-electron chi connectivity index (χ3n) is 9.65. The summed E-state index contributed by atoms with van der Waals surface area (Å²) in [5, 5.41) is 39.9. The smallest absolute Gasteiger partial charge is 0.303 e. The lowest BCUT2D eigenvalue weighted by molar-refractivity contribution is -0.182. The molecule has 7 heteroatoms.